The van der Waals surface area contributed by atoms with Gasteiger partial charge in [-0.25, -0.2) is 0 Å². The Kier molecular flexibility index (Phi) is 2.75. The second-order valence-electron chi connectivity index (χ2n) is 2.64. The van der Waals surface area contributed by atoms with Gasteiger partial charge in [0.05, 0.1) is 12.6 Å². The van der Waals surface area contributed by atoms with Gasteiger partial charge in [0.15, 0.2) is 0 Å². The fourth-order valence-electron chi connectivity index (χ4n) is 1.15. The Balaban J connectivity index is 2.32. The summed E-state index contributed by atoms with van der Waals surface area (Å²) in [5.74, 6) is 1.00. The Labute approximate surface area is 62.1 Å². The summed E-state index contributed by atoms with van der Waals surface area (Å²) in [6.07, 6.45) is 5.29. The van der Waals surface area contributed by atoms with Crippen LogP contribution in [0.3, 0.4) is 0 Å². The van der Waals surface area contributed by atoms with Gasteiger partial charge in [-0.2, -0.15) is 0 Å². The average Bonchev–Trinajstić information content (AvgIpc) is 2.38. The van der Waals surface area contributed by atoms with Gasteiger partial charge in [-0.05, 0) is 12.5 Å². The summed E-state index contributed by atoms with van der Waals surface area (Å²) < 4.78 is 5.30. The van der Waals surface area contributed by atoms with Crippen LogP contribution >= 0.6 is 0 Å². The topological polar surface area (TPSA) is 35.2 Å². The van der Waals surface area contributed by atoms with Crippen LogP contribution in [0.4, 0.5) is 0 Å². The van der Waals surface area contributed by atoms with E-state index in [9.17, 15) is 0 Å². The lowest BCUT2D eigenvalue weighted by Crippen LogP contribution is -2.22. The highest BCUT2D eigenvalue weighted by atomic mass is 16.5. The van der Waals surface area contributed by atoms with Crippen LogP contribution in [-0.4, -0.2) is 12.6 Å². The standard InChI is InChI=1S/C8H15NO/c1-2-4-7(9)8-5-3-6-10-8/h5,7H,2-4,6,9H2,1H3. The summed E-state index contributed by atoms with van der Waals surface area (Å²) in [5.41, 5.74) is 5.80. The summed E-state index contributed by atoms with van der Waals surface area (Å²) in [4.78, 5) is 0. The largest absolute Gasteiger partial charge is 0.496 e. The van der Waals surface area contributed by atoms with E-state index in [1.807, 2.05) is 0 Å². The number of rotatable bonds is 3. The molecule has 0 saturated heterocycles. The lowest BCUT2D eigenvalue weighted by Gasteiger charge is -2.10. The maximum Gasteiger partial charge on any atom is 0.109 e. The third kappa shape index (κ3) is 1.74. The summed E-state index contributed by atoms with van der Waals surface area (Å²) in [5, 5.41) is 0. The first-order valence-electron chi connectivity index (χ1n) is 3.93. The van der Waals surface area contributed by atoms with E-state index in [1.165, 1.54) is 0 Å². The molecule has 1 aliphatic heterocycles. The monoisotopic (exact) mass is 141 g/mol. The van der Waals surface area contributed by atoms with Crippen molar-refractivity contribution >= 4 is 0 Å². The lowest BCUT2D eigenvalue weighted by atomic mass is 10.1. The van der Waals surface area contributed by atoms with Crippen molar-refractivity contribution in [3.63, 3.8) is 0 Å². The third-order valence-corrected chi connectivity index (χ3v) is 1.70. The van der Waals surface area contributed by atoms with E-state index in [2.05, 4.69) is 13.0 Å². The minimum Gasteiger partial charge on any atom is -0.496 e. The molecule has 2 N–H and O–H groups in total. The van der Waals surface area contributed by atoms with Gasteiger partial charge in [-0.1, -0.05) is 13.3 Å². The zero-order chi connectivity index (χ0) is 7.40. The molecule has 0 aromatic rings. The Bertz CT molecular complexity index is 131. The Morgan fingerprint density at radius 1 is 1.80 bits per heavy atom. The molecule has 1 heterocycles. The summed E-state index contributed by atoms with van der Waals surface area (Å²) >= 11 is 0. The molecule has 0 fully saturated rings. The minimum atomic E-state index is 0.146. The molecule has 2 nitrogen and oxygen atoms in total. The predicted molar refractivity (Wildman–Crippen MR) is 41.5 cm³/mol. The smallest absolute Gasteiger partial charge is 0.109 e. The zero-order valence-corrected chi connectivity index (χ0v) is 6.47. The van der Waals surface area contributed by atoms with E-state index in [0.717, 1.165) is 31.6 Å². The van der Waals surface area contributed by atoms with Crippen LogP contribution in [0.25, 0.3) is 0 Å². The van der Waals surface area contributed by atoms with Crippen molar-refractivity contribution < 1.29 is 4.74 Å². The van der Waals surface area contributed by atoms with Gasteiger partial charge in [0.2, 0.25) is 0 Å². The van der Waals surface area contributed by atoms with Gasteiger partial charge in [0.1, 0.15) is 5.76 Å². The predicted octanol–water partition coefficient (Wildman–Crippen LogP) is 1.42. The van der Waals surface area contributed by atoms with Gasteiger partial charge in [-0.3, -0.25) is 0 Å². The first kappa shape index (κ1) is 7.61. The van der Waals surface area contributed by atoms with Crippen molar-refractivity contribution in [2.45, 2.75) is 32.2 Å². The summed E-state index contributed by atoms with van der Waals surface area (Å²) in [7, 11) is 0. The molecule has 1 rings (SSSR count). The number of hydrogen-bond acceptors (Lipinski definition) is 2. The van der Waals surface area contributed by atoms with E-state index >= 15 is 0 Å². The second kappa shape index (κ2) is 3.62. The van der Waals surface area contributed by atoms with Crippen molar-refractivity contribution in [3.8, 4) is 0 Å². The quantitative estimate of drug-likeness (QED) is 0.645. The Morgan fingerprint density at radius 3 is 3.10 bits per heavy atom. The summed E-state index contributed by atoms with van der Waals surface area (Å²) in [6.45, 7) is 2.96. The van der Waals surface area contributed by atoms with Crippen LogP contribution in [0.5, 0.6) is 0 Å². The SMILES string of the molecule is CCCC(N)C1=CCCO1. The summed E-state index contributed by atoms with van der Waals surface area (Å²) in [6, 6.07) is 0.146. The fraction of sp³-hybridized carbons (Fsp3) is 0.750. The van der Waals surface area contributed by atoms with Crippen molar-refractivity contribution in [2.24, 2.45) is 5.73 Å². The van der Waals surface area contributed by atoms with Crippen molar-refractivity contribution in [3.05, 3.63) is 11.8 Å². The van der Waals surface area contributed by atoms with Crippen LogP contribution in [0, 0.1) is 0 Å². The molecule has 10 heavy (non-hydrogen) atoms. The molecule has 1 aliphatic rings. The van der Waals surface area contributed by atoms with E-state index in [4.69, 9.17) is 10.5 Å². The zero-order valence-electron chi connectivity index (χ0n) is 6.47. The maximum absolute atomic E-state index is 5.80. The normalized spacial score (nSPS) is 20.0. The molecular weight excluding hydrogens is 126 g/mol. The number of hydrogen-bond donors (Lipinski definition) is 1. The van der Waals surface area contributed by atoms with E-state index < -0.39 is 0 Å². The highest BCUT2D eigenvalue weighted by Crippen LogP contribution is 2.14. The number of ether oxygens (including phenoxy) is 1. The fourth-order valence-corrected chi connectivity index (χ4v) is 1.15. The van der Waals surface area contributed by atoms with Gasteiger partial charge >= 0.3 is 0 Å². The first-order valence-corrected chi connectivity index (χ1v) is 3.93. The lowest BCUT2D eigenvalue weighted by molar-refractivity contribution is 0.222. The van der Waals surface area contributed by atoms with E-state index in [-0.39, 0.29) is 6.04 Å². The maximum atomic E-state index is 5.80. The molecule has 0 amide bonds. The molecule has 0 saturated carbocycles. The second-order valence-corrected chi connectivity index (χ2v) is 2.64. The first-order chi connectivity index (χ1) is 4.84. The van der Waals surface area contributed by atoms with Crippen LogP contribution in [-0.2, 0) is 4.74 Å². The molecule has 0 aliphatic carbocycles. The molecule has 58 valence electrons. The molecule has 2 heteroatoms. The number of nitrogens with two attached hydrogens (primary N) is 1. The van der Waals surface area contributed by atoms with Gasteiger partial charge in [0, 0.05) is 6.42 Å². The Morgan fingerprint density at radius 2 is 2.60 bits per heavy atom. The van der Waals surface area contributed by atoms with E-state index in [0.29, 0.717) is 0 Å². The highest BCUT2D eigenvalue weighted by molar-refractivity contribution is 5.05. The van der Waals surface area contributed by atoms with Crippen LogP contribution in [0.15, 0.2) is 11.8 Å². The van der Waals surface area contributed by atoms with Crippen molar-refractivity contribution in [1.82, 2.24) is 0 Å². The molecule has 0 aromatic carbocycles. The third-order valence-electron chi connectivity index (χ3n) is 1.70. The molecular formula is C8H15NO. The Hall–Kier alpha value is -0.500. The van der Waals surface area contributed by atoms with Crippen LogP contribution in [0.2, 0.25) is 0 Å². The molecule has 0 aromatic heterocycles. The molecule has 1 atom stereocenters. The minimum absolute atomic E-state index is 0.146. The van der Waals surface area contributed by atoms with Crippen molar-refractivity contribution in [1.29, 1.82) is 0 Å². The van der Waals surface area contributed by atoms with Crippen LogP contribution in [0.1, 0.15) is 26.2 Å². The highest BCUT2D eigenvalue weighted by Gasteiger charge is 2.12. The molecule has 0 radical (unpaired) electrons. The van der Waals surface area contributed by atoms with Gasteiger partial charge in [-0.15, -0.1) is 0 Å². The van der Waals surface area contributed by atoms with Crippen LogP contribution < -0.4 is 5.73 Å². The molecule has 1 unspecified atom stereocenters. The molecule has 0 spiro atoms. The van der Waals surface area contributed by atoms with E-state index in [1.54, 1.807) is 0 Å². The van der Waals surface area contributed by atoms with Crippen molar-refractivity contribution in [2.75, 3.05) is 6.61 Å². The van der Waals surface area contributed by atoms with Gasteiger partial charge < -0.3 is 10.5 Å². The average molecular weight is 141 g/mol. The van der Waals surface area contributed by atoms with Gasteiger partial charge in [0.25, 0.3) is 0 Å². The molecule has 0 bridgehead atoms.